The Morgan fingerprint density at radius 1 is 1.10 bits per heavy atom. The van der Waals surface area contributed by atoms with Gasteiger partial charge in [0.2, 0.25) is 5.91 Å². The largest absolute Gasteiger partial charge is 0.464 e. The van der Waals surface area contributed by atoms with Crippen molar-refractivity contribution in [2.75, 3.05) is 4.72 Å². The van der Waals surface area contributed by atoms with Gasteiger partial charge in [0, 0.05) is 19.0 Å². The maximum absolute atomic E-state index is 12.6. The molecular formula is C22H21N3O4S. The van der Waals surface area contributed by atoms with E-state index >= 15 is 0 Å². The van der Waals surface area contributed by atoms with Gasteiger partial charge in [-0.1, -0.05) is 30.3 Å². The maximum atomic E-state index is 12.6. The summed E-state index contributed by atoms with van der Waals surface area (Å²) in [6, 6.07) is 18.5. The predicted molar refractivity (Wildman–Crippen MR) is 114 cm³/mol. The highest BCUT2D eigenvalue weighted by molar-refractivity contribution is 7.92. The number of hydrogen-bond donors (Lipinski definition) is 1. The van der Waals surface area contributed by atoms with Crippen LogP contribution in [0.15, 0.2) is 81.1 Å². The molecule has 7 nitrogen and oxygen atoms in total. The molecule has 154 valence electrons. The van der Waals surface area contributed by atoms with E-state index in [1.165, 1.54) is 24.1 Å². The van der Waals surface area contributed by atoms with Gasteiger partial charge in [0.05, 0.1) is 10.6 Å². The number of nitrogens with one attached hydrogen (secondary N) is 1. The van der Waals surface area contributed by atoms with Crippen molar-refractivity contribution in [3.05, 3.63) is 83.8 Å². The second-order valence-corrected chi connectivity index (χ2v) is 8.76. The Balaban J connectivity index is 1.61. The Labute approximate surface area is 175 Å². The van der Waals surface area contributed by atoms with Gasteiger partial charge in [-0.05, 0) is 48.9 Å². The molecule has 0 saturated carbocycles. The number of carbonyl (C=O) groups is 1. The number of anilines is 1. The highest BCUT2D eigenvalue weighted by Gasteiger charge is 2.33. The average Bonchev–Trinajstić information content (AvgIpc) is 3.35. The molecule has 0 saturated heterocycles. The summed E-state index contributed by atoms with van der Waals surface area (Å²) in [7, 11) is -3.70. The highest BCUT2D eigenvalue weighted by Crippen LogP contribution is 2.34. The number of furan rings is 1. The lowest BCUT2D eigenvalue weighted by Gasteiger charge is -2.17. The van der Waals surface area contributed by atoms with Crippen LogP contribution in [0, 0.1) is 6.92 Å². The lowest BCUT2D eigenvalue weighted by molar-refractivity contribution is -0.130. The minimum atomic E-state index is -3.70. The van der Waals surface area contributed by atoms with Crippen molar-refractivity contribution in [1.29, 1.82) is 0 Å². The van der Waals surface area contributed by atoms with Crippen molar-refractivity contribution in [3.63, 3.8) is 0 Å². The molecule has 2 aromatic carbocycles. The second kappa shape index (κ2) is 7.79. The summed E-state index contributed by atoms with van der Waals surface area (Å²) >= 11 is 0. The van der Waals surface area contributed by atoms with E-state index in [1.54, 1.807) is 36.4 Å². The van der Waals surface area contributed by atoms with Crippen LogP contribution in [0.5, 0.6) is 0 Å². The number of amides is 1. The van der Waals surface area contributed by atoms with E-state index in [2.05, 4.69) is 9.82 Å². The number of aryl methyl sites for hydroxylation is 1. The SMILES string of the molecule is CC(=O)N1N=C(c2cccc(NS(=O)(=O)c3ccccc3)c2)C[C@H]1c1ccc(C)o1. The van der Waals surface area contributed by atoms with Gasteiger partial charge in [0.1, 0.15) is 17.6 Å². The zero-order valence-electron chi connectivity index (χ0n) is 16.6. The van der Waals surface area contributed by atoms with Crippen LogP contribution < -0.4 is 4.72 Å². The molecule has 30 heavy (non-hydrogen) atoms. The zero-order chi connectivity index (χ0) is 21.3. The quantitative estimate of drug-likeness (QED) is 0.669. The molecule has 1 atom stereocenters. The van der Waals surface area contributed by atoms with E-state index in [4.69, 9.17) is 4.42 Å². The fourth-order valence-corrected chi connectivity index (χ4v) is 4.48. The third kappa shape index (κ3) is 3.99. The van der Waals surface area contributed by atoms with Crippen molar-refractivity contribution < 1.29 is 17.6 Å². The summed E-state index contributed by atoms with van der Waals surface area (Å²) in [5, 5.41) is 5.89. The van der Waals surface area contributed by atoms with Crippen LogP contribution >= 0.6 is 0 Å². The number of hydrogen-bond acceptors (Lipinski definition) is 5. The lowest BCUT2D eigenvalue weighted by Crippen LogP contribution is -2.23. The molecule has 0 unspecified atom stereocenters. The summed E-state index contributed by atoms with van der Waals surface area (Å²) in [6.07, 6.45) is 0.474. The van der Waals surface area contributed by atoms with Crippen molar-refractivity contribution in [3.8, 4) is 0 Å². The second-order valence-electron chi connectivity index (χ2n) is 7.08. The summed E-state index contributed by atoms with van der Waals surface area (Å²) in [6.45, 7) is 3.31. The van der Waals surface area contributed by atoms with Crippen LogP contribution in [0.1, 0.15) is 36.5 Å². The van der Waals surface area contributed by atoms with Gasteiger partial charge in [-0.2, -0.15) is 5.10 Å². The normalized spacial score (nSPS) is 16.4. The van der Waals surface area contributed by atoms with Gasteiger partial charge in [0.15, 0.2) is 0 Å². The Morgan fingerprint density at radius 3 is 2.53 bits per heavy atom. The molecule has 3 aromatic rings. The third-order valence-corrected chi connectivity index (χ3v) is 6.22. The molecule has 0 fully saturated rings. The van der Waals surface area contributed by atoms with Gasteiger partial charge in [-0.3, -0.25) is 9.52 Å². The van der Waals surface area contributed by atoms with Crippen LogP contribution in [0.4, 0.5) is 5.69 Å². The summed E-state index contributed by atoms with van der Waals surface area (Å²) in [5.74, 6) is 1.24. The number of nitrogens with zero attached hydrogens (tertiary/aromatic N) is 2. The molecule has 8 heteroatoms. The summed E-state index contributed by atoms with van der Waals surface area (Å²) in [4.78, 5) is 12.3. The maximum Gasteiger partial charge on any atom is 0.261 e. The van der Waals surface area contributed by atoms with Crippen molar-refractivity contribution in [1.82, 2.24) is 5.01 Å². The molecule has 1 amide bonds. The Hall–Kier alpha value is -3.39. The van der Waals surface area contributed by atoms with E-state index in [0.717, 1.165) is 11.3 Å². The fraction of sp³-hybridized carbons (Fsp3) is 0.182. The highest BCUT2D eigenvalue weighted by atomic mass is 32.2. The first-order valence-electron chi connectivity index (χ1n) is 9.45. The topological polar surface area (TPSA) is 92.0 Å². The molecule has 0 bridgehead atoms. The third-order valence-electron chi connectivity index (χ3n) is 4.82. The summed E-state index contributed by atoms with van der Waals surface area (Å²) in [5.41, 5.74) is 1.84. The molecule has 2 heterocycles. The van der Waals surface area contributed by atoms with E-state index in [0.29, 0.717) is 23.6 Å². The van der Waals surface area contributed by atoms with E-state index in [9.17, 15) is 13.2 Å². The van der Waals surface area contributed by atoms with Crippen LogP contribution in [-0.4, -0.2) is 25.0 Å². The zero-order valence-corrected chi connectivity index (χ0v) is 17.4. The average molecular weight is 423 g/mol. The van der Waals surface area contributed by atoms with Gasteiger partial charge in [-0.15, -0.1) is 0 Å². The Kier molecular flexibility index (Phi) is 5.17. The molecule has 0 spiro atoms. The van der Waals surface area contributed by atoms with Crippen LogP contribution in [0.25, 0.3) is 0 Å². The van der Waals surface area contributed by atoms with Crippen molar-refractivity contribution in [2.24, 2.45) is 5.10 Å². The smallest absolute Gasteiger partial charge is 0.261 e. The minimum absolute atomic E-state index is 0.185. The minimum Gasteiger partial charge on any atom is -0.464 e. The lowest BCUT2D eigenvalue weighted by atomic mass is 10.0. The van der Waals surface area contributed by atoms with Gasteiger partial charge < -0.3 is 4.42 Å². The van der Waals surface area contributed by atoms with Crippen LogP contribution in [0.3, 0.4) is 0 Å². The number of sulfonamides is 1. The first-order chi connectivity index (χ1) is 14.3. The van der Waals surface area contributed by atoms with Crippen LogP contribution in [-0.2, 0) is 14.8 Å². The van der Waals surface area contributed by atoms with Crippen molar-refractivity contribution >= 4 is 27.3 Å². The Morgan fingerprint density at radius 2 is 1.87 bits per heavy atom. The molecule has 1 aliphatic heterocycles. The molecule has 1 N–H and O–H groups in total. The monoisotopic (exact) mass is 423 g/mol. The summed E-state index contributed by atoms with van der Waals surface area (Å²) < 4.78 is 33.5. The molecular weight excluding hydrogens is 402 g/mol. The molecule has 1 aromatic heterocycles. The number of benzene rings is 2. The van der Waals surface area contributed by atoms with E-state index < -0.39 is 10.0 Å². The predicted octanol–water partition coefficient (Wildman–Crippen LogP) is 4.09. The molecule has 0 radical (unpaired) electrons. The first kappa shape index (κ1) is 19.9. The number of carbonyl (C=O) groups excluding carboxylic acids is 1. The fourth-order valence-electron chi connectivity index (χ4n) is 3.41. The first-order valence-corrected chi connectivity index (χ1v) is 10.9. The number of rotatable bonds is 5. The van der Waals surface area contributed by atoms with Gasteiger partial charge in [0.25, 0.3) is 10.0 Å². The van der Waals surface area contributed by atoms with E-state index in [-0.39, 0.29) is 16.8 Å². The molecule has 4 rings (SSSR count). The van der Waals surface area contributed by atoms with Crippen molar-refractivity contribution in [2.45, 2.75) is 31.2 Å². The van der Waals surface area contributed by atoms with E-state index in [1.807, 2.05) is 25.1 Å². The molecule has 1 aliphatic rings. The van der Waals surface area contributed by atoms with Crippen LogP contribution in [0.2, 0.25) is 0 Å². The number of hydrazone groups is 1. The van der Waals surface area contributed by atoms with Gasteiger partial charge in [-0.25, -0.2) is 13.4 Å². The Bertz CT molecular complexity index is 1220. The van der Waals surface area contributed by atoms with Gasteiger partial charge >= 0.3 is 0 Å². The molecule has 0 aliphatic carbocycles. The standard InChI is InChI=1S/C22H21N3O4S/c1-15-11-12-22(29-15)21-14-20(23-25(21)16(2)26)17-7-6-8-18(13-17)24-30(27,28)19-9-4-3-5-10-19/h3-13,21,24H,14H2,1-2H3/t21-/m0/s1.